The van der Waals surface area contributed by atoms with Crippen molar-refractivity contribution < 1.29 is 14.3 Å². The Balaban J connectivity index is 0.00000220. The predicted molar refractivity (Wildman–Crippen MR) is 83.4 cm³/mol. The van der Waals surface area contributed by atoms with Gasteiger partial charge in [-0.1, -0.05) is 6.42 Å². The van der Waals surface area contributed by atoms with Crippen molar-refractivity contribution in [2.45, 2.75) is 64.0 Å². The van der Waals surface area contributed by atoms with Crippen LogP contribution in [-0.4, -0.2) is 37.1 Å². The Labute approximate surface area is 133 Å². The topological polar surface area (TPSA) is 67.4 Å². The van der Waals surface area contributed by atoms with Crippen LogP contribution >= 0.6 is 12.4 Å². The van der Waals surface area contributed by atoms with Gasteiger partial charge in [-0.2, -0.15) is 0 Å². The van der Waals surface area contributed by atoms with Gasteiger partial charge >= 0.3 is 5.97 Å². The monoisotopic (exact) mass is 318 g/mol. The first-order valence-electron chi connectivity index (χ1n) is 7.91. The van der Waals surface area contributed by atoms with Crippen LogP contribution < -0.4 is 10.6 Å². The second-order valence-corrected chi connectivity index (χ2v) is 5.81. The van der Waals surface area contributed by atoms with Crippen molar-refractivity contribution in [3.63, 3.8) is 0 Å². The molecule has 2 aliphatic rings. The van der Waals surface area contributed by atoms with Gasteiger partial charge in [0.25, 0.3) is 0 Å². The van der Waals surface area contributed by atoms with E-state index in [1.807, 2.05) is 6.92 Å². The van der Waals surface area contributed by atoms with E-state index in [0.29, 0.717) is 6.61 Å². The Morgan fingerprint density at radius 3 is 2.43 bits per heavy atom. The van der Waals surface area contributed by atoms with Crippen molar-refractivity contribution in [3.05, 3.63) is 0 Å². The van der Waals surface area contributed by atoms with Crippen molar-refractivity contribution in [3.8, 4) is 0 Å². The van der Waals surface area contributed by atoms with Crippen LogP contribution in [0, 0.1) is 5.92 Å². The molecule has 1 aliphatic heterocycles. The molecule has 21 heavy (non-hydrogen) atoms. The number of esters is 1. The van der Waals surface area contributed by atoms with Gasteiger partial charge in [0, 0.05) is 6.04 Å². The number of amides is 1. The Morgan fingerprint density at radius 2 is 1.86 bits per heavy atom. The van der Waals surface area contributed by atoms with E-state index in [0.717, 1.165) is 51.5 Å². The van der Waals surface area contributed by atoms with Crippen molar-refractivity contribution in [2.75, 3.05) is 13.2 Å². The summed E-state index contributed by atoms with van der Waals surface area (Å²) in [7, 11) is 0. The van der Waals surface area contributed by atoms with E-state index in [-0.39, 0.29) is 42.3 Å². The number of rotatable bonds is 4. The van der Waals surface area contributed by atoms with Crippen LogP contribution in [-0.2, 0) is 14.3 Å². The van der Waals surface area contributed by atoms with Gasteiger partial charge in [-0.15, -0.1) is 12.4 Å². The number of ether oxygens (including phenoxy) is 1. The summed E-state index contributed by atoms with van der Waals surface area (Å²) in [5.41, 5.74) is 0. The number of hydrogen-bond acceptors (Lipinski definition) is 4. The van der Waals surface area contributed by atoms with Gasteiger partial charge in [0.2, 0.25) is 5.91 Å². The van der Waals surface area contributed by atoms with Crippen molar-refractivity contribution in [2.24, 2.45) is 5.92 Å². The molecule has 2 rings (SSSR count). The Morgan fingerprint density at radius 1 is 1.14 bits per heavy atom. The molecule has 0 spiro atoms. The highest BCUT2D eigenvalue weighted by Gasteiger charge is 2.29. The van der Waals surface area contributed by atoms with Crippen molar-refractivity contribution in [1.29, 1.82) is 0 Å². The molecule has 0 aromatic heterocycles. The van der Waals surface area contributed by atoms with Crippen LogP contribution in [0.4, 0.5) is 0 Å². The number of carbonyl (C=O) groups is 2. The van der Waals surface area contributed by atoms with Crippen LogP contribution in [0.3, 0.4) is 0 Å². The highest BCUT2D eigenvalue weighted by atomic mass is 35.5. The van der Waals surface area contributed by atoms with Gasteiger partial charge in [-0.05, 0) is 52.0 Å². The summed E-state index contributed by atoms with van der Waals surface area (Å²) in [6.45, 7) is 3.22. The van der Waals surface area contributed by atoms with E-state index in [4.69, 9.17) is 4.74 Å². The maximum absolute atomic E-state index is 12.1. The molecule has 1 heterocycles. The molecule has 5 nitrogen and oxygen atoms in total. The Hall–Kier alpha value is -0.810. The quantitative estimate of drug-likeness (QED) is 0.776. The molecule has 1 unspecified atom stereocenters. The van der Waals surface area contributed by atoms with E-state index in [1.165, 1.54) is 0 Å². The summed E-state index contributed by atoms with van der Waals surface area (Å²) < 4.78 is 5.06. The average Bonchev–Trinajstić information content (AvgIpc) is 2.49. The number of piperidine rings is 1. The molecule has 1 saturated heterocycles. The van der Waals surface area contributed by atoms with Gasteiger partial charge < -0.3 is 15.4 Å². The smallest absolute Gasteiger partial charge is 0.308 e. The second kappa shape index (κ2) is 9.26. The summed E-state index contributed by atoms with van der Waals surface area (Å²) in [4.78, 5) is 23.8. The molecule has 0 aromatic carbocycles. The first-order valence-corrected chi connectivity index (χ1v) is 7.91. The molecular formula is C15H27ClN2O3. The molecule has 2 N–H and O–H groups in total. The fraction of sp³-hybridized carbons (Fsp3) is 0.867. The Bertz CT molecular complexity index is 338. The number of nitrogens with one attached hydrogen (secondary N) is 2. The lowest BCUT2D eigenvalue weighted by Crippen LogP contribution is -2.50. The minimum Gasteiger partial charge on any atom is -0.466 e. The summed E-state index contributed by atoms with van der Waals surface area (Å²) >= 11 is 0. The van der Waals surface area contributed by atoms with E-state index in [9.17, 15) is 9.59 Å². The zero-order chi connectivity index (χ0) is 14.4. The fourth-order valence-corrected chi connectivity index (χ4v) is 3.11. The molecular weight excluding hydrogens is 292 g/mol. The summed E-state index contributed by atoms with van der Waals surface area (Å²) in [5, 5.41) is 6.39. The minimum absolute atomic E-state index is 0. The van der Waals surface area contributed by atoms with E-state index in [1.54, 1.807) is 0 Å². The van der Waals surface area contributed by atoms with Crippen molar-refractivity contribution in [1.82, 2.24) is 10.6 Å². The Kier molecular flexibility index (Phi) is 8.04. The predicted octanol–water partition coefficient (Wildman–Crippen LogP) is 1.79. The van der Waals surface area contributed by atoms with Crippen molar-refractivity contribution >= 4 is 24.3 Å². The molecule has 0 bridgehead atoms. The molecule has 122 valence electrons. The largest absolute Gasteiger partial charge is 0.466 e. The number of halogens is 1. The lowest BCUT2D eigenvalue weighted by molar-refractivity contribution is -0.149. The van der Waals surface area contributed by atoms with Gasteiger partial charge in [0.15, 0.2) is 0 Å². The molecule has 6 heteroatoms. The van der Waals surface area contributed by atoms with Gasteiger partial charge in [-0.25, -0.2) is 0 Å². The van der Waals surface area contributed by atoms with E-state index < -0.39 is 0 Å². The molecule has 2 fully saturated rings. The molecule has 1 saturated carbocycles. The zero-order valence-corrected chi connectivity index (χ0v) is 13.5. The molecule has 1 amide bonds. The minimum atomic E-state index is -0.0776. The highest BCUT2D eigenvalue weighted by molar-refractivity contribution is 5.85. The normalized spacial score (nSPS) is 29.1. The molecule has 0 radical (unpaired) electrons. The lowest BCUT2D eigenvalue weighted by Gasteiger charge is -2.30. The second-order valence-electron chi connectivity index (χ2n) is 5.81. The standard InChI is InChI=1S/C15H26N2O3.ClH/c1-2-20-15(19)11-6-8-12(9-7-11)17-14(18)13-5-3-4-10-16-13;/h11-13,16H,2-10H2,1H3,(H,17,18);1H. The SMILES string of the molecule is CCOC(=O)C1CCC(NC(=O)C2CCCCN2)CC1.Cl. The summed E-state index contributed by atoms with van der Waals surface area (Å²) in [6.07, 6.45) is 6.62. The zero-order valence-electron chi connectivity index (χ0n) is 12.7. The van der Waals surface area contributed by atoms with Crippen LogP contribution in [0.2, 0.25) is 0 Å². The van der Waals surface area contributed by atoms with Gasteiger partial charge in [0.1, 0.15) is 0 Å². The van der Waals surface area contributed by atoms with Crippen LogP contribution in [0.15, 0.2) is 0 Å². The van der Waals surface area contributed by atoms with Crippen LogP contribution in [0.1, 0.15) is 51.9 Å². The van der Waals surface area contributed by atoms with Crippen LogP contribution in [0.5, 0.6) is 0 Å². The van der Waals surface area contributed by atoms with E-state index >= 15 is 0 Å². The first-order chi connectivity index (χ1) is 9.70. The maximum Gasteiger partial charge on any atom is 0.308 e. The lowest BCUT2D eigenvalue weighted by atomic mass is 9.86. The average molecular weight is 319 g/mol. The molecule has 1 atom stereocenters. The first kappa shape index (κ1) is 18.2. The highest BCUT2D eigenvalue weighted by Crippen LogP contribution is 2.25. The van der Waals surface area contributed by atoms with Gasteiger partial charge in [-0.3, -0.25) is 9.59 Å². The number of hydrogen-bond donors (Lipinski definition) is 2. The fourth-order valence-electron chi connectivity index (χ4n) is 3.11. The van der Waals surface area contributed by atoms with Crippen LogP contribution in [0.25, 0.3) is 0 Å². The molecule has 0 aromatic rings. The third-order valence-electron chi connectivity index (χ3n) is 4.32. The summed E-state index contributed by atoms with van der Waals surface area (Å²) in [5.74, 6) is 0.0754. The molecule has 1 aliphatic carbocycles. The number of carbonyl (C=O) groups excluding carboxylic acids is 2. The third kappa shape index (κ3) is 5.47. The van der Waals surface area contributed by atoms with Gasteiger partial charge in [0.05, 0.1) is 18.6 Å². The summed E-state index contributed by atoms with van der Waals surface area (Å²) in [6, 6.07) is 0.198. The third-order valence-corrected chi connectivity index (χ3v) is 4.32. The maximum atomic E-state index is 12.1. The van der Waals surface area contributed by atoms with E-state index in [2.05, 4.69) is 10.6 Å².